The SMILES string of the molecule is COC(=O)[C@H]1OC(Cc2ccc3c(c2)NC(=O)[C@H](C)CCC[C@H](N2CCC(c4c(F)ccc(Cl)c4F)=CC2=O)c2cc-3ccn2)[C@H](OC(C)=O)[C@@H](OC(C)=O)[C@@H]1OC(C)=O. The third-order valence-corrected chi connectivity index (χ3v) is 11.0. The van der Waals surface area contributed by atoms with Gasteiger partial charge < -0.3 is 33.9 Å². The van der Waals surface area contributed by atoms with Crippen LogP contribution in [0.15, 0.2) is 54.7 Å². The molecule has 2 aromatic carbocycles. The van der Waals surface area contributed by atoms with E-state index in [2.05, 4.69) is 10.3 Å². The van der Waals surface area contributed by atoms with Crippen LogP contribution in [-0.2, 0) is 58.9 Å². The van der Waals surface area contributed by atoms with Crippen molar-refractivity contribution in [1.82, 2.24) is 9.88 Å². The fourth-order valence-electron chi connectivity index (χ4n) is 7.92. The number of halogens is 3. The molecule has 1 unspecified atom stereocenters. The van der Waals surface area contributed by atoms with E-state index in [0.29, 0.717) is 47.3 Å². The second-order valence-corrected chi connectivity index (χ2v) is 15.3. The van der Waals surface area contributed by atoms with Gasteiger partial charge in [-0.05, 0) is 66.3 Å². The first kappa shape index (κ1) is 43.8. The average molecular weight is 852 g/mol. The van der Waals surface area contributed by atoms with E-state index in [-0.39, 0.29) is 41.5 Å². The first-order valence-corrected chi connectivity index (χ1v) is 19.7. The molecule has 14 nitrogen and oxygen atoms in total. The summed E-state index contributed by atoms with van der Waals surface area (Å²) in [6.45, 7) is 5.27. The Labute approximate surface area is 349 Å². The fraction of sp³-hybridized carbons (Fsp3) is 0.419. The van der Waals surface area contributed by atoms with Gasteiger partial charge in [-0.25, -0.2) is 13.6 Å². The maximum Gasteiger partial charge on any atom is 0.339 e. The van der Waals surface area contributed by atoms with Crippen molar-refractivity contribution in [3.8, 4) is 11.1 Å². The van der Waals surface area contributed by atoms with E-state index in [4.69, 9.17) is 35.3 Å². The Morgan fingerprint density at radius 3 is 2.32 bits per heavy atom. The maximum absolute atomic E-state index is 14.9. The Bertz CT molecular complexity index is 2240. The molecule has 1 saturated heterocycles. The van der Waals surface area contributed by atoms with E-state index in [1.54, 1.807) is 42.3 Å². The number of carbonyl (C=O) groups is 6. The van der Waals surface area contributed by atoms with Crippen molar-refractivity contribution in [3.05, 3.63) is 88.2 Å². The second kappa shape index (κ2) is 18.7. The molecule has 4 heterocycles. The van der Waals surface area contributed by atoms with Crippen LogP contribution in [0.5, 0.6) is 0 Å². The lowest BCUT2D eigenvalue weighted by molar-refractivity contribution is -0.248. The molecule has 2 bridgehead atoms. The molecule has 0 saturated carbocycles. The predicted molar refractivity (Wildman–Crippen MR) is 211 cm³/mol. The van der Waals surface area contributed by atoms with Crippen molar-refractivity contribution >= 4 is 58.6 Å². The number of benzene rings is 2. The van der Waals surface area contributed by atoms with Crippen molar-refractivity contribution in [2.75, 3.05) is 19.0 Å². The highest BCUT2D eigenvalue weighted by Gasteiger charge is 2.54. The lowest BCUT2D eigenvalue weighted by Crippen LogP contribution is -2.63. The van der Waals surface area contributed by atoms with Gasteiger partial charge >= 0.3 is 23.9 Å². The van der Waals surface area contributed by atoms with Gasteiger partial charge in [-0.3, -0.25) is 29.0 Å². The van der Waals surface area contributed by atoms with Crippen molar-refractivity contribution in [1.29, 1.82) is 0 Å². The lowest BCUT2D eigenvalue weighted by atomic mass is 9.89. The summed E-state index contributed by atoms with van der Waals surface area (Å²) in [4.78, 5) is 83.5. The van der Waals surface area contributed by atoms with E-state index in [9.17, 15) is 37.5 Å². The average Bonchev–Trinajstić information content (AvgIpc) is 3.19. The standard InChI is InChI=1S/C43H44ClF2N3O11/c1-21-7-6-8-33(49-16-14-27(20-35(49)53)36-30(45)12-11-29(44)37(36)46)32-19-26(13-15-47-32)28-10-9-25(17-31(28)48-42(21)54)18-34-38(57-22(2)50)39(58-23(3)51)40(59-24(4)52)41(60-34)43(55)56-5/h9-13,15,17,19-21,33-34,38-41H,6-8,14,16,18H2,1-5H3,(H,48,54)/t21-,33+,34?,38+,39-,40+,41+/m1/s1. The number of ether oxygens (including phenoxy) is 5. The van der Waals surface area contributed by atoms with Crippen LogP contribution in [0, 0.1) is 17.6 Å². The summed E-state index contributed by atoms with van der Waals surface area (Å²) in [5.74, 6) is -6.26. The number of hydrogen-bond donors (Lipinski definition) is 1. The molecule has 2 amide bonds. The molecule has 1 fully saturated rings. The first-order chi connectivity index (χ1) is 28.6. The maximum atomic E-state index is 14.9. The van der Waals surface area contributed by atoms with E-state index < -0.39 is 83.9 Å². The summed E-state index contributed by atoms with van der Waals surface area (Å²) in [6, 6.07) is 10.4. The number of fused-ring (bicyclic) bond motifs is 4. The van der Waals surface area contributed by atoms with Crippen molar-refractivity contribution < 1.29 is 61.2 Å². The van der Waals surface area contributed by atoms with Gasteiger partial charge in [0.1, 0.15) is 11.9 Å². The number of rotatable bonds is 8. The van der Waals surface area contributed by atoms with E-state index in [1.165, 1.54) is 6.08 Å². The molecule has 7 atom stereocenters. The minimum absolute atomic E-state index is 0.0477. The lowest BCUT2D eigenvalue weighted by Gasteiger charge is -2.43. The Morgan fingerprint density at radius 1 is 0.933 bits per heavy atom. The molecule has 1 N–H and O–H groups in total. The van der Waals surface area contributed by atoms with Gasteiger partial charge in [-0.1, -0.05) is 37.1 Å². The number of pyridine rings is 1. The molecule has 1 aromatic heterocycles. The van der Waals surface area contributed by atoms with Gasteiger partial charge in [0.05, 0.1) is 29.4 Å². The van der Waals surface area contributed by atoms with Crippen LogP contribution in [-0.4, -0.2) is 89.7 Å². The van der Waals surface area contributed by atoms with Crippen molar-refractivity contribution in [3.63, 3.8) is 0 Å². The van der Waals surface area contributed by atoms with Gasteiger partial charge in [-0.2, -0.15) is 0 Å². The number of hydrogen-bond acceptors (Lipinski definition) is 12. The third kappa shape index (κ3) is 9.65. The number of amides is 2. The number of methoxy groups -OCH3 is 1. The monoisotopic (exact) mass is 851 g/mol. The number of anilines is 1. The Balaban J connectivity index is 1.36. The highest BCUT2D eigenvalue weighted by atomic mass is 35.5. The number of nitrogens with one attached hydrogen (secondary N) is 1. The number of carbonyl (C=O) groups excluding carboxylic acids is 6. The molecule has 3 aromatic rings. The van der Waals surface area contributed by atoms with Crippen LogP contribution in [0.3, 0.4) is 0 Å². The molecule has 0 radical (unpaired) electrons. The van der Waals surface area contributed by atoms with Crippen LogP contribution in [0.1, 0.15) is 76.2 Å². The molecule has 0 aliphatic carbocycles. The number of aromatic nitrogens is 1. The molecule has 318 valence electrons. The van der Waals surface area contributed by atoms with Crippen LogP contribution in [0.4, 0.5) is 14.5 Å². The minimum Gasteiger partial charge on any atom is -0.467 e. The summed E-state index contributed by atoms with van der Waals surface area (Å²) in [6.07, 6.45) is -2.66. The molecule has 17 heteroatoms. The smallest absolute Gasteiger partial charge is 0.339 e. The van der Waals surface area contributed by atoms with Gasteiger partial charge in [0.15, 0.2) is 30.2 Å². The van der Waals surface area contributed by atoms with E-state index in [1.807, 2.05) is 6.07 Å². The highest BCUT2D eigenvalue weighted by molar-refractivity contribution is 6.31. The van der Waals surface area contributed by atoms with Crippen LogP contribution in [0.25, 0.3) is 16.7 Å². The molecule has 0 spiro atoms. The zero-order valence-corrected chi connectivity index (χ0v) is 34.3. The summed E-state index contributed by atoms with van der Waals surface area (Å²) in [5.41, 5.74) is 2.64. The van der Waals surface area contributed by atoms with Crippen LogP contribution in [0.2, 0.25) is 5.02 Å². The van der Waals surface area contributed by atoms with Gasteiger partial charge in [0, 0.05) is 63.2 Å². The minimum atomic E-state index is -1.57. The van der Waals surface area contributed by atoms with Gasteiger partial charge in [-0.15, -0.1) is 0 Å². The summed E-state index contributed by atoms with van der Waals surface area (Å²) in [5, 5.41) is 2.79. The summed E-state index contributed by atoms with van der Waals surface area (Å²) < 4.78 is 57.3. The highest BCUT2D eigenvalue weighted by Crippen LogP contribution is 2.39. The van der Waals surface area contributed by atoms with E-state index in [0.717, 1.165) is 40.0 Å². The first-order valence-electron chi connectivity index (χ1n) is 19.4. The molecule has 60 heavy (non-hydrogen) atoms. The topological polar surface area (TPSA) is 177 Å². The summed E-state index contributed by atoms with van der Waals surface area (Å²) >= 11 is 5.94. The molecule has 3 aliphatic rings. The molecular formula is C43H44ClF2N3O11. The third-order valence-electron chi connectivity index (χ3n) is 10.7. The Morgan fingerprint density at radius 2 is 1.63 bits per heavy atom. The number of esters is 4. The van der Waals surface area contributed by atoms with Gasteiger partial charge in [0.2, 0.25) is 11.8 Å². The zero-order chi connectivity index (χ0) is 43.4. The van der Waals surface area contributed by atoms with Gasteiger partial charge in [0.25, 0.3) is 0 Å². The van der Waals surface area contributed by atoms with Crippen LogP contribution < -0.4 is 5.32 Å². The molecule has 3 aliphatic heterocycles. The summed E-state index contributed by atoms with van der Waals surface area (Å²) in [7, 11) is 1.11. The normalized spacial score (nSPS) is 24.4. The largest absolute Gasteiger partial charge is 0.467 e. The van der Waals surface area contributed by atoms with Crippen molar-refractivity contribution in [2.24, 2.45) is 5.92 Å². The Hall–Kier alpha value is -5.74. The zero-order valence-electron chi connectivity index (χ0n) is 33.5. The Kier molecular flexibility index (Phi) is 13.6. The van der Waals surface area contributed by atoms with Crippen molar-refractivity contribution in [2.45, 2.75) is 96.4 Å². The van der Waals surface area contributed by atoms with E-state index >= 15 is 0 Å². The molecule has 6 rings (SSSR count). The number of nitrogens with zero attached hydrogens (tertiary/aromatic N) is 2. The second-order valence-electron chi connectivity index (χ2n) is 14.9. The quantitative estimate of drug-likeness (QED) is 0.157. The van der Waals surface area contributed by atoms with Crippen LogP contribution >= 0.6 is 11.6 Å². The fourth-order valence-corrected chi connectivity index (χ4v) is 8.08. The predicted octanol–water partition coefficient (Wildman–Crippen LogP) is 6.07. The molecular weight excluding hydrogens is 808 g/mol.